The van der Waals surface area contributed by atoms with Crippen molar-refractivity contribution < 1.29 is 52.0 Å². The van der Waals surface area contributed by atoms with E-state index >= 15 is 0 Å². The van der Waals surface area contributed by atoms with E-state index in [-0.39, 0.29) is 19.1 Å². The number of nitrogens with one attached hydrogen (secondary N) is 1. The minimum absolute atomic E-state index is 0.00510. The lowest BCUT2D eigenvalue weighted by atomic mass is 9.96. The third-order valence-corrected chi connectivity index (χ3v) is 7.10. The van der Waals surface area contributed by atoms with Crippen molar-refractivity contribution in [3.63, 3.8) is 0 Å². The fraction of sp³-hybridized carbons (Fsp3) is 0.382. The zero-order chi connectivity index (χ0) is 33.4. The Kier molecular flexibility index (Phi) is 14.2. The first-order valence-corrected chi connectivity index (χ1v) is 15.0. The van der Waals surface area contributed by atoms with Crippen molar-refractivity contribution in [3.8, 4) is 22.6 Å². The van der Waals surface area contributed by atoms with E-state index in [4.69, 9.17) is 29.2 Å². The van der Waals surface area contributed by atoms with Gasteiger partial charge in [-0.05, 0) is 65.8 Å². The number of carboxylic acid groups (broad SMARTS) is 2. The summed E-state index contributed by atoms with van der Waals surface area (Å²) >= 11 is 0. The summed E-state index contributed by atoms with van der Waals surface area (Å²) in [5.41, 5.74) is 3.89. The van der Waals surface area contributed by atoms with Gasteiger partial charge >= 0.3 is 24.2 Å². The maximum Gasteiger partial charge on any atom is 0.490 e. The Labute approximate surface area is 265 Å². The number of hydrogen-bond acceptors (Lipinski definition) is 6. The van der Waals surface area contributed by atoms with Crippen LogP contribution in [0.4, 0.5) is 18.0 Å². The van der Waals surface area contributed by atoms with E-state index in [1.165, 1.54) is 12.0 Å². The molecule has 0 unspecified atom stereocenters. The van der Waals surface area contributed by atoms with Crippen LogP contribution in [-0.4, -0.2) is 53.7 Å². The average Bonchev–Trinajstić information content (AvgIpc) is 3.04. The van der Waals surface area contributed by atoms with Crippen LogP contribution in [0.2, 0.25) is 0 Å². The molecule has 0 aromatic heterocycles. The molecule has 1 amide bonds. The number of aliphatic carboxylic acids is 2. The van der Waals surface area contributed by atoms with E-state index in [0.717, 1.165) is 48.1 Å². The lowest BCUT2D eigenvalue weighted by Crippen LogP contribution is -2.36. The summed E-state index contributed by atoms with van der Waals surface area (Å²) in [6.45, 7) is 1.03. The summed E-state index contributed by atoms with van der Waals surface area (Å²) in [6.07, 6.45) is 0.935. The molecule has 1 aliphatic rings. The van der Waals surface area contributed by atoms with Crippen molar-refractivity contribution in [1.82, 2.24) is 5.32 Å². The summed E-state index contributed by atoms with van der Waals surface area (Å²) in [5.74, 6) is -2.17. The topological polar surface area (TPSA) is 131 Å². The number of amides is 1. The van der Waals surface area contributed by atoms with Gasteiger partial charge in [-0.2, -0.15) is 13.2 Å². The zero-order valence-corrected chi connectivity index (χ0v) is 25.3. The molecule has 3 aromatic rings. The van der Waals surface area contributed by atoms with Gasteiger partial charge in [0.2, 0.25) is 0 Å². The van der Waals surface area contributed by atoms with E-state index in [9.17, 15) is 22.8 Å². The van der Waals surface area contributed by atoms with Crippen LogP contribution in [0.5, 0.6) is 11.5 Å². The maximum atomic E-state index is 12.3. The fourth-order valence-electron chi connectivity index (χ4n) is 4.72. The van der Waals surface area contributed by atoms with Gasteiger partial charge in [0.15, 0.2) is 0 Å². The molecule has 0 atom stereocenters. The van der Waals surface area contributed by atoms with Gasteiger partial charge in [-0.25, -0.2) is 9.59 Å². The molecule has 1 aliphatic carbocycles. The Hall–Kier alpha value is -4.74. The smallest absolute Gasteiger partial charge is 0.490 e. The second kappa shape index (κ2) is 18.3. The van der Waals surface area contributed by atoms with Crippen LogP contribution in [0.15, 0.2) is 72.8 Å². The van der Waals surface area contributed by atoms with Crippen molar-refractivity contribution in [3.05, 3.63) is 83.9 Å². The molecule has 248 valence electrons. The quantitative estimate of drug-likeness (QED) is 0.164. The summed E-state index contributed by atoms with van der Waals surface area (Å²) in [5, 5.41) is 19.2. The first-order chi connectivity index (χ1) is 22.0. The summed E-state index contributed by atoms with van der Waals surface area (Å²) in [7, 11) is 0. The van der Waals surface area contributed by atoms with Crippen molar-refractivity contribution in [2.75, 3.05) is 13.2 Å². The lowest BCUT2D eigenvalue weighted by Gasteiger charge is -2.22. The second-order valence-corrected chi connectivity index (χ2v) is 10.6. The Morgan fingerprint density at radius 2 is 1.37 bits per heavy atom. The lowest BCUT2D eigenvalue weighted by molar-refractivity contribution is -0.192. The highest BCUT2D eigenvalue weighted by Gasteiger charge is 2.38. The van der Waals surface area contributed by atoms with E-state index < -0.39 is 24.2 Å². The molecule has 0 saturated heterocycles. The third-order valence-electron chi connectivity index (χ3n) is 7.10. The van der Waals surface area contributed by atoms with Gasteiger partial charge in [0.25, 0.3) is 0 Å². The molecule has 0 aliphatic heterocycles. The highest BCUT2D eigenvalue weighted by atomic mass is 19.4. The molecule has 1 fully saturated rings. The van der Waals surface area contributed by atoms with Crippen molar-refractivity contribution >= 4 is 18.0 Å². The van der Waals surface area contributed by atoms with Gasteiger partial charge in [-0.1, -0.05) is 67.8 Å². The number of hydrogen-bond donors (Lipinski definition) is 3. The molecule has 12 heteroatoms. The van der Waals surface area contributed by atoms with E-state index in [2.05, 4.69) is 17.4 Å². The minimum Gasteiger partial charge on any atom is -0.493 e. The molecule has 3 aromatic carbocycles. The van der Waals surface area contributed by atoms with Crippen LogP contribution in [0.25, 0.3) is 11.1 Å². The maximum absolute atomic E-state index is 12.3. The third kappa shape index (κ3) is 13.1. The van der Waals surface area contributed by atoms with Gasteiger partial charge in [0, 0.05) is 18.9 Å². The van der Waals surface area contributed by atoms with Crippen LogP contribution < -0.4 is 14.8 Å². The Morgan fingerprint density at radius 1 is 0.783 bits per heavy atom. The Balaban J connectivity index is 0.000000738. The van der Waals surface area contributed by atoms with Gasteiger partial charge < -0.3 is 29.7 Å². The molecule has 4 rings (SSSR count). The van der Waals surface area contributed by atoms with Crippen LogP contribution >= 0.6 is 0 Å². The number of aryl methyl sites for hydroxylation is 1. The van der Waals surface area contributed by atoms with E-state index in [1.807, 2.05) is 60.7 Å². The van der Waals surface area contributed by atoms with Crippen molar-refractivity contribution in [1.29, 1.82) is 0 Å². The van der Waals surface area contributed by atoms with Crippen LogP contribution in [0.3, 0.4) is 0 Å². The number of benzene rings is 3. The largest absolute Gasteiger partial charge is 0.493 e. The zero-order valence-electron chi connectivity index (χ0n) is 25.3. The second-order valence-electron chi connectivity index (χ2n) is 10.6. The van der Waals surface area contributed by atoms with Gasteiger partial charge in [0.1, 0.15) is 18.1 Å². The Bertz CT molecular complexity index is 1390. The average molecular weight is 646 g/mol. The number of alkyl carbamates (subject to hydrolysis) is 1. The molecule has 0 heterocycles. The number of ether oxygens (including phenoxy) is 3. The monoisotopic (exact) mass is 645 g/mol. The molecule has 1 saturated carbocycles. The first-order valence-electron chi connectivity index (χ1n) is 15.0. The highest BCUT2D eigenvalue weighted by Crippen LogP contribution is 2.24. The standard InChI is InChI=1S/C32H37NO6.C2HF3O2/c34-31(35)19-15-26-14-18-30(22-27(26)23-39-32(36)33-28-10-5-2-6-11-28)38-21-7-20-37-29-16-12-25(13-17-29)24-8-3-1-4-9-24;3-2(4,5)1(6)7/h1,3-4,8-9,12-14,16-18,22,28H,2,5-7,10-11,15,19-21,23H2,(H,33,36)(H,34,35);(H,6,7). The summed E-state index contributed by atoms with van der Waals surface area (Å²) in [6, 6.07) is 23.9. The normalized spacial score (nSPS) is 13.1. The molecular formula is C34H38F3NO8. The molecule has 9 nitrogen and oxygen atoms in total. The molecular weight excluding hydrogens is 607 g/mol. The first kappa shape index (κ1) is 35.7. The number of alkyl halides is 3. The highest BCUT2D eigenvalue weighted by molar-refractivity contribution is 5.73. The van der Waals surface area contributed by atoms with E-state index in [0.29, 0.717) is 31.8 Å². The van der Waals surface area contributed by atoms with Crippen LogP contribution in [0.1, 0.15) is 56.1 Å². The van der Waals surface area contributed by atoms with Gasteiger partial charge in [-0.3, -0.25) is 4.79 Å². The predicted octanol–water partition coefficient (Wildman–Crippen LogP) is 7.41. The van der Waals surface area contributed by atoms with E-state index in [1.54, 1.807) is 0 Å². The molecule has 0 radical (unpaired) electrons. The molecule has 46 heavy (non-hydrogen) atoms. The minimum atomic E-state index is -5.08. The fourth-order valence-corrected chi connectivity index (χ4v) is 4.72. The SMILES string of the molecule is O=C(O)C(F)(F)F.O=C(O)CCc1ccc(OCCCOc2ccc(-c3ccccc3)cc2)cc1COC(=O)NC1CCCCC1. The van der Waals surface area contributed by atoms with Gasteiger partial charge in [-0.15, -0.1) is 0 Å². The summed E-state index contributed by atoms with van der Waals surface area (Å²) < 4.78 is 49.0. The number of carbonyl (C=O) groups is 3. The van der Waals surface area contributed by atoms with Gasteiger partial charge in [0.05, 0.1) is 13.2 Å². The number of rotatable bonds is 13. The van der Waals surface area contributed by atoms with Crippen LogP contribution in [-0.2, 0) is 27.4 Å². The molecule has 0 bridgehead atoms. The van der Waals surface area contributed by atoms with Crippen molar-refractivity contribution in [2.24, 2.45) is 0 Å². The predicted molar refractivity (Wildman–Crippen MR) is 164 cm³/mol. The number of carboxylic acids is 2. The number of halogens is 3. The number of carbonyl (C=O) groups excluding carboxylic acids is 1. The van der Waals surface area contributed by atoms with Crippen LogP contribution in [0, 0.1) is 0 Å². The molecule has 3 N–H and O–H groups in total. The summed E-state index contributed by atoms with van der Waals surface area (Å²) in [4.78, 5) is 32.3. The van der Waals surface area contributed by atoms with Crippen molar-refractivity contribution in [2.45, 2.75) is 70.2 Å². The Morgan fingerprint density at radius 3 is 1.98 bits per heavy atom. The molecule has 0 spiro atoms.